The molecule has 2 aromatic carbocycles. The molecule has 2 heteroatoms. The van der Waals surface area contributed by atoms with Gasteiger partial charge in [0.15, 0.2) is 0 Å². The standard InChI is InChI=1S/C17H14BrN/c1-17(2)13-6-4-3-5-11(13)16-15(17)12-8-7-10(18)9-14(12)19-16/h3-9,19H,1-2H3. The van der Waals surface area contributed by atoms with E-state index in [1.54, 1.807) is 0 Å². The highest BCUT2D eigenvalue weighted by atomic mass is 79.9. The molecule has 0 saturated carbocycles. The fraction of sp³-hybridized carbons (Fsp3) is 0.176. The van der Waals surface area contributed by atoms with Crippen LogP contribution < -0.4 is 0 Å². The van der Waals surface area contributed by atoms with Crippen LogP contribution in [-0.2, 0) is 5.41 Å². The van der Waals surface area contributed by atoms with Crippen molar-refractivity contribution in [1.82, 2.24) is 4.98 Å². The van der Waals surface area contributed by atoms with Crippen molar-refractivity contribution in [3.05, 3.63) is 58.1 Å². The second-order valence-corrected chi connectivity index (χ2v) is 6.65. The maximum Gasteiger partial charge on any atom is 0.0509 e. The van der Waals surface area contributed by atoms with Crippen molar-refractivity contribution in [2.75, 3.05) is 0 Å². The molecule has 0 fully saturated rings. The molecule has 1 aliphatic carbocycles. The lowest BCUT2D eigenvalue weighted by molar-refractivity contribution is 0.666. The van der Waals surface area contributed by atoms with Gasteiger partial charge in [0.05, 0.1) is 5.69 Å². The number of rotatable bonds is 0. The molecular formula is C17H14BrN. The van der Waals surface area contributed by atoms with Crippen LogP contribution in [0.15, 0.2) is 46.9 Å². The van der Waals surface area contributed by atoms with Gasteiger partial charge in [-0.3, -0.25) is 0 Å². The van der Waals surface area contributed by atoms with Gasteiger partial charge in [-0.2, -0.15) is 0 Å². The van der Waals surface area contributed by atoms with Crippen molar-refractivity contribution in [2.24, 2.45) is 0 Å². The summed E-state index contributed by atoms with van der Waals surface area (Å²) in [5.41, 5.74) is 6.75. The van der Waals surface area contributed by atoms with Crippen molar-refractivity contribution in [2.45, 2.75) is 19.3 Å². The third kappa shape index (κ3) is 1.35. The minimum Gasteiger partial charge on any atom is -0.354 e. The lowest BCUT2D eigenvalue weighted by atomic mass is 9.81. The Labute approximate surface area is 120 Å². The predicted molar refractivity (Wildman–Crippen MR) is 83.6 cm³/mol. The highest BCUT2D eigenvalue weighted by Crippen LogP contribution is 2.51. The van der Waals surface area contributed by atoms with Crippen LogP contribution in [-0.4, -0.2) is 4.98 Å². The molecule has 0 bridgehead atoms. The van der Waals surface area contributed by atoms with Gasteiger partial charge in [-0.15, -0.1) is 0 Å². The van der Waals surface area contributed by atoms with Crippen molar-refractivity contribution >= 4 is 26.8 Å². The summed E-state index contributed by atoms with van der Waals surface area (Å²) in [6.07, 6.45) is 0. The van der Waals surface area contributed by atoms with E-state index in [-0.39, 0.29) is 5.41 Å². The Hall–Kier alpha value is -1.54. The van der Waals surface area contributed by atoms with Gasteiger partial charge < -0.3 is 4.98 Å². The average Bonchev–Trinajstić information content (AvgIpc) is 2.86. The first-order valence-electron chi connectivity index (χ1n) is 6.50. The van der Waals surface area contributed by atoms with E-state index in [9.17, 15) is 0 Å². The highest BCUT2D eigenvalue weighted by Gasteiger charge is 2.38. The number of hydrogen-bond acceptors (Lipinski definition) is 0. The average molecular weight is 312 g/mol. The molecule has 19 heavy (non-hydrogen) atoms. The Morgan fingerprint density at radius 2 is 1.84 bits per heavy atom. The van der Waals surface area contributed by atoms with Crippen molar-refractivity contribution in [3.8, 4) is 11.3 Å². The number of H-pyrrole nitrogens is 1. The summed E-state index contributed by atoms with van der Waals surface area (Å²) >= 11 is 3.55. The van der Waals surface area contributed by atoms with Crippen LogP contribution >= 0.6 is 15.9 Å². The molecule has 1 aromatic heterocycles. The van der Waals surface area contributed by atoms with Gasteiger partial charge in [0, 0.05) is 26.4 Å². The zero-order chi connectivity index (χ0) is 13.2. The molecule has 1 heterocycles. The van der Waals surface area contributed by atoms with Gasteiger partial charge >= 0.3 is 0 Å². The minimum absolute atomic E-state index is 0.0675. The molecule has 1 N–H and O–H groups in total. The van der Waals surface area contributed by atoms with Crippen LogP contribution in [0.1, 0.15) is 25.0 Å². The highest BCUT2D eigenvalue weighted by molar-refractivity contribution is 9.10. The van der Waals surface area contributed by atoms with Crippen LogP contribution in [0, 0.1) is 0 Å². The molecule has 0 radical (unpaired) electrons. The Kier molecular flexibility index (Phi) is 2.09. The molecule has 0 spiro atoms. The number of fused-ring (bicyclic) bond motifs is 5. The third-order valence-corrected chi connectivity index (χ3v) is 4.75. The van der Waals surface area contributed by atoms with E-state index in [2.05, 4.69) is 77.2 Å². The van der Waals surface area contributed by atoms with Crippen molar-refractivity contribution < 1.29 is 0 Å². The zero-order valence-corrected chi connectivity index (χ0v) is 12.5. The summed E-state index contributed by atoms with van der Waals surface area (Å²) in [6, 6.07) is 15.2. The van der Waals surface area contributed by atoms with E-state index >= 15 is 0 Å². The van der Waals surface area contributed by atoms with E-state index in [0.717, 1.165) is 4.47 Å². The van der Waals surface area contributed by atoms with E-state index in [4.69, 9.17) is 0 Å². The van der Waals surface area contributed by atoms with Crippen LogP contribution in [0.2, 0.25) is 0 Å². The summed E-state index contributed by atoms with van der Waals surface area (Å²) in [7, 11) is 0. The van der Waals surface area contributed by atoms with E-state index in [0.29, 0.717) is 0 Å². The smallest absolute Gasteiger partial charge is 0.0509 e. The fourth-order valence-electron chi connectivity index (χ4n) is 3.40. The Morgan fingerprint density at radius 3 is 2.68 bits per heavy atom. The van der Waals surface area contributed by atoms with Crippen LogP contribution in [0.25, 0.3) is 22.2 Å². The number of halogens is 1. The number of nitrogens with one attached hydrogen (secondary N) is 1. The quantitative estimate of drug-likeness (QED) is 0.584. The second-order valence-electron chi connectivity index (χ2n) is 5.74. The minimum atomic E-state index is 0.0675. The van der Waals surface area contributed by atoms with Crippen molar-refractivity contribution in [3.63, 3.8) is 0 Å². The molecule has 0 saturated heterocycles. The summed E-state index contributed by atoms with van der Waals surface area (Å²) in [5.74, 6) is 0. The summed E-state index contributed by atoms with van der Waals surface area (Å²) < 4.78 is 1.12. The second kappa shape index (κ2) is 3.51. The van der Waals surface area contributed by atoms with Crippen LogP contribution in [0.3, 0.4) is 0 Å². The Morgan fingerprint density at radius 1 is 1.05 bits per heavy atom. The normalized spacial score (nSPS) is 15.5. The Bertz CT molecular complexity index is 811. The summed E-state index contributed by atoms with van der Waals surface area (Å²) in [5, 5.41) is 1.33. The van der Waals surface area contributed by atoms with Crippen LogP contribution in [0.5, 0.6) is 0 Å². The van der Waals surface area contributed by atoms with E-state index < -0.39 is 0 Å². The third-order valence-electron chi connectivity index (χ3n) is 4.26. The van der Waals surface area contributed by atoms with E-state index in [1.807, 2.05) is 0 Å². The Balaban J connectivity index is 2.17. The first-order valence-corrected chi connectivity index (χ1v) is 7.30. The fourth-order valence-corrected chi connectivity index (χ4v) is 3.76. The van der Waals surface area contributed by atoms with Gasteiger partial charge in [-0.05, 0) is 23.3 Å². The van der Waals surface area contributed by atoms with Gasteiger partial charge in [0.25, 0.3) is 0 Å². The maximum atomic E-state index is 3.60. The number of benzene rings is 2. The predicted octanol–water partition coefficient (Wildman–Crippen LogP) is 5.24. The number of hydrogen-bond donors (Lipinski definition) is 1. The summed E-state index contributed by atoms with van der Waals surface area (Å²) in [4.78, 5) is 3.60. The lowest BCUT2D eigenvalue weighted by Crippen LogP contribution is -2.14. The topological polar surface area (TPSA) is 15.8 Å². The number of aromatic nitrogens is 1. The zero-order valence-electron chi connectivity index (χ0n) is 10.9. The van der Waals surface area contributed by atoms with Gasteiger partial charge in [-0.25, -0.2) is 0 Å². The molecule has 0 amide bonds. The molecule has 0 atom stereocenters. The van der Waals surface area contributed by atoms with Gasteiger partial charge in [0.2, 0.25) is 0 Å². The SMILES string of the molecule is CC1(C)c2ccccc2-c2[nH]c3cc(Br)ccc3c21. The monoisotopic (exact) mass is 311 g/mol. The largest absolute Gasteiger partial charge is 0.354 e. The molecule has 0 aliphatic heterocycles. The molecule has 3 aromatic rings. The molecule has 1 nitrogen and oxygen atoms in total. The van der Waals surface area contributed by atoms with Gasteiger partial charge in [-0.1, -0.05) is 60.1 Å². The van der Waals surface area contributed by atoms with Crippen LogP contribution in [0.4, 0.5) is 0 Å². The first-order chi connectivity index (χ1) is 9.09. The van der Waals surface area contributed by atoms with Crippen molar-refractivity contribution in [1.29, 1.82) is 0 Å². The molecule has 1 aliphatic rings. The first kappa shape index (κ1) is 11.3. The molecule has 94 valence electrons. The molecular weight excluding hydrogens is 298 g/mol. The van der Waals surface area contributed by atoms with Gasteiger partial charge in [0.1, 0.15) is 0 Å². The lowest BCUT2D eigenvalue weighted by Gasteiger charge is -2.21. The molecule has 0 unspecified atom stereocenters. The van der Waals surface area contributed by atoms with E-state index in [1.165, 1.54) is 33.3 Å². The number of aromatic amines is 1. The maximum absolute atomic E-state index is 3.60. The molecule has 4 rings (SSSR count). The summed E-state index contributed by atoms with van der Waals surface area (Å²) in [6.45, 7) is 4.62.